The number of hydrogen-bond donors (Lipinski definition) is 0. The van der Waals surface area contributed by atoms with Crippen LogP contribution in [0.4, 0.5) is 5.69 Å². The van der Waals surface area contributed by atoms with Crippen molar-refractivity contribution in [3.8, 4) is 0 Å². The number of thioether (sulfide) groups is 1. The Hall–Kier alpha value is -1.98. The second kappa shape index (κ2) is 8.80. The molecule has 0 N–H and O–H groups in total. The SMILES string of the molecule is CC1CCN(C(=O)C2CCN(C(=O)c3ccc(Cl)cc3)CC2)c2ccccc2S1. The summed E-state index contributed by atoms with van der Waals surface area (Å²) >= 11 is 7.77. The average molecular weight is 429 g/mol. The normalized spacial score (nSPS) is 20.1. The maximum atomic E-state index is 13.4. The molecule has 4 nitrogen and oxygen atoms in total. The van der Waals surface area contributed by atoms with Crippen molar-refractivity contribution in [2.75, 3.05) is 24.5 Å². The van der Waals surface area contributed by atoms with Crippen LogP contribution in [0.5, 0.6) is 0 Å². The van der Waals surface area contributed by atoms with E-state index in [1.807, 2.05) is 33.7 Å². The number of piperidine rings is 1. The van der Waals surface area contributed by atoms with E-state index in [-0.39, 0.29) is 17.7 Å². The number of fused-ring (bicyclic) bond motifs is 1. The highest BCUT2D eigenvalue weighted by Crippen LogP contribution is 2.38. The molecule has 0 spiro atoms. The van der Waals surface area contributed by atoms with E-state index in [9.17, 15) is 9.59 Å². The van der Waals surface area contributed by atoms with Gasteiger partial charge < -0.3 is 9.80 Å². The largest absolute Gasteiger partial charge is 0.339 e. The molecule has 1 saturated heterocycles. The minimum atomic E-state index is -0.0317. The van der Waals surface area contributed by atoms with Gasteiger partial charge >= 0.3 is 0 Å². The van der Waals surface area contributed by atoms with Crippen LogP contribution in [0.3, 0.4) is 0 Å². The molecular weight excluding hydrogens is 404 g/mol. The van der Waals surface area contributed by atoms with E-state index in [1.165, 1.54) is 4.90 Å². The van der Waals surface area contributed by atoms with E-state index < -0.39 is 0 Å². The minimum Gasteiger partial charge on any atom is -0.339 e. The number of para-hydroxylation sites is 1. The minimum absolute atomic E-state index is 0.0120. The number of carbonyl (C=O) groups is 2. The summed E-state index contributed by atoms with van der Waals surface area (Å²) < 4.78 is 0. The van der Waals surface area contributed by atoms with Crippen LogP contribution in [0, 0.1) is 5.92 Å². The van der Waals surface area contributed by atoms with Crippen LogP contribution in [0.15, 0.2) is 53.4 Å². The molecule has 2 heterocycles. The Morgan fingerprint density at radius 3 is 2.38 bits per heavy atom. The predicted octanol–water partition coefficient (Wildman–Crippen LogP) is 5.11. The van der Waals surface area contributed by atoms with Gasteiger partial charge in [0, 0.05) is 46.3 Å². The van der Waals surface area contributed by atoms with Crippen LogP contribution >= 0.6 is 23.4 Å². The summed E-state index contributed by atoms with van der Waals surface area (Å²) in [6.07, 6.45) is 2.40. The van der Waals surface area contributed by atoms with Gasteiger partial charge in [0.15, 0.2) is 0 Å². The summed E-state index contributed by atoms with van der Waals surface area (Å²) in [5.74, 6) is 0.180. The van der Waals surface area contributed by atoms with Gasteiger partial charge in [0.2, 0.25) is 5.91 Å². The third-order valence-electron chi connectivity index (χ3n) is 5.73. The molecule has 1 unspecified atom stereocenters. The van der Waals surface area contributed by atoms with Crippen LogP contribution < -0.4 is 4.90 Å². The van der Waals surface area contributed by atoms with E-state index in [2.05, 4.69) is 19.1 Å². The molecule has 0 bridgehead atoms. The molecule has 1 fully saturated rings. The van der Waals surface area contributed by atoms with E-state index in [1.54, 1.807) is 24.3 Å². The van der Waals surface area contributed by atoms with Crippen LogP contribution in [0.25, 0.3) is 0 Å². The zero-order chi connectivity index (χ0) is 20.4. The summed E-state index contributed by atoms with van der Waals surface area (Å²) in [5.41, 5.74) is 1.68. The number of likely N-dealkylation sites (tertiary alicyclic amines) is 1. The Labute approximate surface area is 181 Å². The number of benzene rings is 2. The molecule has 1 atom stereocenters. The van der Waals surface area contributed by atoms with Gasteiger partial charge in [0.05, 0.1) is 5.69 Å². The highest BCUT2D eigenvalue weighted by Gasteiger charge is 2.33. The fourth-order valence-electron chi connectivity index (χ4n) is 4.04. The van der Waals surface area contributed by atoms with Crippen LogP contribution in [0.2, 0.25) is 5.02 Å². The highest BCUT2D eigenvalue weighted by molar-refractivity contribution is 8.00. The number of rotatable bonds is 2. The first-order valence-corrected chi connectivity index (χ1v) is 11.4. The number of nitrogens with zero attached hydrogens (tertiary/aromatic N) is 2. The van der Waals surface area contributed by atoms with Gasteiger partial charge in [-0.25, -0.2) is 0 Å². The highest BCUT2D eigenvalue weighted by atomic mass is 35.5. The lowest BCUT2D eigenvalue weighted by atomic mass is 9.94. The van der Waals surface area contributed by atoms with Gasteiger partial charge in [0.1, 0.15) is 0 Å². The molecule has 0 aromatic heterocycles. The number of carbonyl (C=O) groups excluding carboxylic acids is 2. The molecule has 4 rings (SSSR count). The Kier molecular flexibility index (Phi) is 6.16. The van der Waals surface area contributed by atoms with Crippen molar-refractivity contribution in [2.45, 2.75) is 36.3 Å². The fraction of sp³-hybridized carbons (Fsp3) is 0.391. The van der Waals surface area contributed by atoms with Gasteiger partial charge in [-0.2, -0.15) is 0 Å². The van der Waals surface area contributed by atoms with Crippen LogP contribution in [-0.4, -0.2) is 41.6 Å². The molecule has 6 heteroatoms. The van der Waals surface area contributed by atoms with E-state index in [4.69, 9.17) is 11.6 Å². The van der Waals surface area contributed by atoms with E-state index in [0.29, 0.717) is 41.8 Å². The molecular formula is C23H25ClN2O2S. The number of anilines is 1. The molecule has 0 radical (unpaired) electrons. The zero-order valence-electron chi connectivity index (χ0n) is 16.5. The van der Waals surface area contributed by atoms with Gasteiger partial charge in [-0.3, -0.25) is 9.59 Å². The molecule has 2 aliphatic heterocycles. The molecule has 29 heavy (non-hydrogen) atoms. The predicted molar refractivity (Wildman–Crippen MR) is 119 cm³/mol. The first-order valence-electron chi connectivity index (χ1n) is 10.1. The molecule has 152 valence electrons. The number of halogens is 1. The molecule has 0 saturated carbocycles. The first kappa shape index (κ1) is 20.3. The summed E-state index contributed by atoms with van der Waals surface area (Å²) in [4.78, 5) is 31.1. The van der Waals surface area contributed by atoms with Crippen molar-refractivity contribution in [1.29, 1.82) is 0 Å². The number of amides is 2. The van der Waals surface area contributed by atoms with E-state index >= 15 is 0 Å². The average Bonchev–Trinajstić information content (AvgIpc) is 2.91. The zero-order valence-corrected chi connectivity index (χ0v) is 18.1. The van der Waals surface area contributed by atoms with Crippen molar-refractivity contribution < 1.29 is 9.59 Å². The van der Waals surface area contributed by atoms with Crippen LogP contribution in [-0.2, 0) is 4.79 Å². The summed E-state index contributed by atoms with van der Waals surface area (Å²) in [7, 11) is 0. The second-order valence-electron chi connectivity index (χ2n) is 7.75. The Morgan fingerprint density at radius 2 is 1.66 bits per heavy atom. The van der Waals surface area contributed by atoms with Crippen molar-refractivity contribution >= 4 is 40.9 Å². The maximum Gasteiger partial charge on any atom is 0.253 e. The third kappa shape index (κ3) is 4.46. The Bertz CT molecular complexity index is 894. The van der Waals surface area contributed by atoms with Crippen molar-refractivity contribution in [1.82, 2.24) is 4.90 Å². The summed E-state index contributed by atoms with van der Waals surface area (Å²) in [5, 5.41) is 1.11. The standard InChI is InChI=1S/C23H25ClN2O2S/c1-16-10-15-26(20-4-2-3-5-21(20)29-16)23(28)18-11-13-25(14-12-18)22(27)17-6-8-19(24)9-7-17/h2-9,16,18H,10-15H2,1H3. The fourth-order valence-corrected chi connectivity index (χ4v) is 5.28. The molecule has 2 aromatic rings. The van der Waals surface area contributed by atoms with Crippen molar-refractivity contribution in [2.24, 2.45) is 5.92 Å². The molecule has 2 aliphatic rings. The van der Waals surface area contributed by atoms with Crippen molar-refractivity contribution in [3.05, 3.63) is 59.1 Å². The van der Waals surface area contributed by atoms with Crippen LogP contribution in [0.1, 0.15) is 36.5 Å². The summed E-state index contributed by atoms with van der Waals surface area (Å²) in [6, 6.07) is 15.2. The third-order valence-corrected chi connectivity index (χ3v) is 7.22. The monoisotopic (exact) mass is 428 g/mol. The summed E-state index contributed by atoms with van der Waals surface area (Å²) in [6.45, 7) is 4.20. The lowest BCUT2D eigenvalue weighted by Gasteiger charge is -2.34. The quantitative estimate of drug-likeness (QED) is 0.667. The molecule has 2 aromatic carbocycles. The smallest absolute Gasteiger partial charge is 0.253 e. The lowest BCUT2D eigenvalue weighted by Crippen LogP contribution is -2.45. The first-order chi connectivity index (χ1) is 14.0. The van der Waals surface area contributed by atoms with E-state index in [0.717, 1.165) is 18.7 Å². The topological polar surface area (TPSA) is 40.6 Å². The second-order valence-corrected chi connectivity index (χ2v) is 9.66. The maximum absolute atomic E-state index is 13.4. The molecule has 0 aliphatic carbocycles. The Balaban J connectivity index is 1.43. The van der Waals surface area contributed by atoms with Gasteiger partial charge in [0.25, 0.3) is 5.91 Å². The molecule has 2 amide bonds. The Morgan fingerprint density at radius 1 is 0.966 bits per heavy atom. The van der Waals surface area contributed by atoms with Gasteiger partial charge in [-0.15, -0.1) is 11.8 Å². The number of hydrogen-bond acceptors (Lipinski definition) is 3. The van der Waals surface area contributed by atoms with Gasteiger partial charge in [-0.1, -0.05) is 30.7 Å². The lowest BCUT2D eigenvalue weighted by molar-refractivity contribution is -0.123. The van der Waals surface area contributed by atoms with Crippen molar-refractivity contribution in [3.63, 3.8) is 0 Å². The van der Waals surface area contributed by atoms with Gasteiger partial charge in [-0.05, 0) is 55.7 Å².